The Bertz CT molecular complexity index is 607. The molecule has 0 fully saturated rings. The molecule has 0 aromatic heterocycles. The standard InChI is InChI=1S/C17H20FNO3/c1-10-7-14(15(17(21)22)8-11(10)2)16(20)19-9-12-3-5-13(18)6-4-12/h3-6,14-15H,7-9H2,1-2H3,(H,19,20)(H,21,22)/p-1/t14-,15-/m0/s1. The highest BCUT2D eigenvalue weighted by Gasteiger charge is 2.33. The molecule has 2 rings (SSSR count). The number of halogens is 1. The minimum Gasteiger partial charge on any atom is -0.550 e. The van der Waals surface area contributed by atoms with Crippen LogP contribution in [0.4, 0.5) is 4.39 Å². The van der Waals surface area contributed by atoms with E-state index < -0.39 is 17.8 Å². The molecule has 1 N–H and O–H groups in total. The van der Waals surface area contributed by atoms with Gasteiger partial charge in [-0.25, -0.2) is 4.39 Å². The van der Waals surface area contributed by atoms with Crippen molar-refractivity contribution in [1.82, 2.24) is 5.32 Å². The molecule has 0 aliphatic heterocycles. The van der Waals surface area contributed by atoms with E-state index in [0.29, 0.717) is 12.8 Å². The summed E-state index contributed by atoms with van der Waals surface area (Å²) in [4.78, 5) is 23.6. The number of amides is 1. The first-order valence-corrected chi connectivity index (χ1v) is 7.26. The van der Waals surface area contributed by atoms with Gasteiger partial charge in [0.25, 0.3) is 0 Å². The van der Waals surface area contributed by atoms with Gasteiger partial charge in [0.1, 0.15) is 5.82 Å². The first-order valence-electron chi connectivity index (χ1n) is 7.26. The number of carboxylic acid groups (broad SMARTS) is 1. The van der Waals surface area contributed by atoms with Crippen LogP contribution in [0.15, 0.2) is 35.4 Å². The fraction of sp³-hybridized carbons (Fsp3) is 0.412. The fourth-order valence-corrected chi connectivity index (χ4v) is 2.74. The molecule has 22 heavy (non-hydrogen) atoms. The van der Waals surface area contributed by atoms with Gasteiger partial charge in [-0.3, -0.25) is 4.79 Å². The largest absolute Gasteiger partial charge is 0.550 e. The average Bonchev–Trinajstić information content (AvgIpc) is 2.48. The third-order valence-electron chi connectivity index (χ3n) is 4.29. The number of hydrogen-bond acceptors (Lipinski definition) is 3. The van der Waals surface area contributed by atoms with Crippen LogP contribution in [0, 0.1) is 17.7 Å². The van der Waals surface area contributed by atoms with Gasteiger partial charge in [0, 0.05) is 24.3 Å². The average molecular weight is 304 g/mol. The van der Waals surface area contributed by atoms with Crippen LogP contribution in [0.3, 0.4) is 0 Å². The van der Waals surface area contributed by atoms with Crippen molar-refractivity contribution in [2.75, 3.05) is 0 Å². The summed E-state index contributed by atoms with van der Waals surface area (Å²) >= 11 is 0. The number of aliphatic carboxylic acids is 1. The topological polar surface area (TPSA) is 69.2 Å². The minimum atomic E-state index is -1.19. The molecule has 2 atom stereocenters. The fourth-order valence-electron chi connectivity index (χ4n) is 2.74. The second-order valence-corrected chi connectivity index (χ2v) is 5.85. The summed E-state index contributed by atoms with van der Waals surface area (Å²) in [6.07, 6.45) is 0.780. The van der Waals surface area contributed by atoms with Crippen molar-refractivity contribution in [3.8, 4) is 0 Å². The molecule has 0 saturated heterocycles. The van der Waals surface area contributed by atoms with E-state index in [1.807, 2.05) is 13.8 Å². The van der Waals surface area contributed by atoms with Gasteiger partial charge in [0.15, 0.2) is 0 Å². The predicted molar refractivity (Wildman–Crippen MR) is 77.8 cm³/mol. The third-order valence-corrected chi connectivity index (χ3v) is 4.29. The SMILES string of the molecule is CC1=C(C)C[C@H](C(=O)NCc2ccc(F)cc2)[C@@H](C(=O)[O-])C1. The molecule has 1 aliphatic carbocycles. The lowest BCUT2D eigenvalue weighted by atomic mass is 9.76. The van der Waals surface area contributed by atoms with Crippen molar-refractivity contribution in [3.63, 3.8) is 0 Å². The van der Waals surface area contributed by atoms with Gasteiger partial charge in [0.05, 0.1) is 0 Å². The number of rotatable bonds is 4. The van der Waals surface area contributed by atoms with Crippen LogP contribution in [0.1, 0.15) is 32.3 Å². The normalized spacial score (nSPS) is 21.6. The number of hydrogen-bond donors (Lipinski definition) is 1. The molecule has 0 unspecified atom stereocenters. The lowest BCUT2D eigenvalue weighted by molar-refractivity contribution is -0.313. The lowest BCUT2D eigenvalue weighted by Crippen LogP contribution is -2.44. The van der Waals surface area contributed by atoms with E-state index in [9.17, 15) is 19.1 Å². The maximum Gasteiger partial charge on any atom is 0.224 e. The van der Waals surface area contributed by atoms with Crippen LogP contribution in [-0.4, -0.2) is 11.9 Å². The Labute approximate surface area is 129 Å². The van der Waals surface area contributed by atoms with Crippen LogP contribution < -0.4 is 10.4 Å². The van der Waals surface area contributed by atoms with Crippen molar-refractivity contribution in [2.45, 2.75) is 33.2 Å². The Morgan fingerprint density at radius 3 is 2.23 bits per heavy atom. The molecule has 118 valence electrons. The van der Waals surface area contributed by atoms with E-state index in [4.69, 9.17) is 0 Å². The van der Waals surface area contributed by atoms with Crippen LogP contribution in [0.25, 0.3) is 0 Å². The maximum atomic E-state index is 12.8. The molecule has 0 saturated carbocycles. The number of carbonyl (C=O) groups excluding carboxylic acids is 2. The zero-order valence-electron chi connectivity index (χ0n) is 12.7. The number of carboxylic acids is 1. The third kappa shape index (κ3) is 3.72. The van der Waals surface area contributed by atoms with Crippen LogP contribution in [-0.2, 0) is 16.1 Å². The number of benzene rings is 1. The molecule has 1 aliphatic rings. The Hall–Kier alpha value is -2.17. The molecule has 0 spiro atoms. The van der Waals surface area contributed by atoms with E-state index in [2.05, 4.69) is 5.32 Å². The first-order chi connectivity index (χ1) is 10.4. The zero-order valence-corrected chi connectivity index (χ0v) is 12.7. The van der Waals surface area contributed by atoms with E-state index in [0.717, 1.165) is 16.7 Å². The summed E-state index contributed by atoms with van der Waals surface area (Å²) in [6.45, 7) is 4.05. The Morgan fingerprint density at radius 1 is 1.14 bits per heavy atom. The van der Waals surface area contributed by atoms with E-state index in [1.165, 1.54) is 12.1 Å². The van der Waals surface area contributed by atoms with Gasteiger partial charge in [-0.15, -0.1) is 0 Å². The first kappa shape index (κ1) is 16.2. The van der Waals surface area contributed by atoms with Crippen molar-refractivity contribution < 1.29 is 19.1 Å². The highest BCUT2D eigenvalue weighted by Crippen LogP contribution is 2.34. The van der Waals surface area contributed by atoms with Crippen molar-refractivity contribution in [1.29, 1.82) is 0 Å². The summed E-state index contributed by atoms with van der Waals surface area (Å²) in [5.74, 6) is -3.24. The van der Waals surface area contributed by atoms with Crippen LogP contribution >= 0.6 is 0 Å². The molecule has 1 aromatic rings. The summed E-state index contributed by atoms with van der Waals surface area (Å²) in [6, 6.07) is 5.81. The Kier molecular flexibility index (Phi) is 4.96. The van der Waals surface area contributed by atoms with Crippen molar-refractivity contribution in [2.24, 2.45) is 11.8 Å². The molecular weight excluding hydrogens is 285 g/mol. The second-order valence-electron chi connectivity index (χ2n) is 5.85. The summed E-state index contributed by atoms with van der Waals surface area (Å²) in [5.41, 5.74) is 2.83. The predicted octanol–water partition coefficient (Wildman–Crippen LogP) is 1.55. The van der Waals surface area contributed by atoms with Crippen molar-refractivity contribution >= 4 is 11.9 Å². The number of carbonyl (C=O) groups is 2. The van der Waals surface area contributed by atoms with Gasteiger partial charge in [-0.2, -0.15) is 0 Å². The Morgan fingerprint density at radius 2 is 1.68 bits per heavy atom. The minimum absolute atomic E-state index is 0.247. The van der Waals surface area contributed by atoms with Gasteiger partial charge in [0.2, 0.25) is 5.91 Å². The second kappa shape index (κ2) is 6.73. The molecular formula is C17H19FNO3-. The Balaban J connectivity index is 2.04. The quantitative estimate of drug-likeness (QED) is 0.858. The van der Waals surface area contributed by atoms with Gasteiger partial charge < -0.3 is 15.2 Å². The summed E-state index contributed by atoms with van der Waals surface area (Å²) < 4.78 is 12.8. The van der Waals surface area contributed by atoms with E-state index >= 15 is 0 Å². The summed E-state index contributed by atoms with van der Waals surface area (Å²) in [5, 5.41) is 14.0. The molecule has 4 nitrogen and oxygen atoms in total. The molecule has 1 amide bonds. The highest BCUT2D eigenvalue weighted by atomic mass is 19.1. The van der Waals surface area contributed by atoms with Gasteiger partial charge in [-0.1, -0.05) is 23.3 Å². The number of nitrogens with one attached hydrogen (secondary N) is 1. The molecule has 1 aromatic carbocycles. The summed E-state index contributed by atoms with van der Waals surface area (Å²) in [7, 11) is 0. The highest BCUT2D eigenvalue weighted by molar-refractivity contribution is 5.85. The molecule has 5 heteroatoms. The maximum absolute atomic E-state index is 12.8. The van der Waals surface area contributed by atoms with Crippen molar-refractivity contribution in [3.05, 3.63) is 46.8 Å². The van der Waals surface area contributed by atoms with Gasteiger partial charge in [-0.05, 0) is 44.4 Å². The van der Waals surface area contributed by atoms with E-state index in [-0.39, 0.29) is 18.3 Å². The molecule has 0 heterocycles. The molecule has 0 bridgehead atoms. The van der Waals surface area contributed by atoms with Crippen LogP contribution in [0.2, 0.25) is 0 Å². The van der Waals surface area contributed by atoms with Gasteiger partial charge >= 0.3 is 0 Å². The van der Waals surface area contributed by atoms with Crippen LogP contribution in [0.5, 0.6) is 0 Å². The number of allylic oxidation sites excluding steroid dienone is 2. The monoisotopic (exact) mass is 304 g/mol. The lowest BCUT2D eigenvalue weighted by Gasteiger charge is -2.32. The van der Waals surface area contributed by atoms with E-state index in [1.54, 1.807) is 12.1 Å². The zero-order chi connectivity index (χ0) is 16.3. The smallest absolute Gasteiger partial charge is 0.224 e. The molecule has 0 radical (unpaired) electrons.